The molecule has 1 N–H and O–H groups in total. The third-order valence-electron chi connectivity index (χ3n) is 7.98. The van der Waals surface area contributed by atoms with Gasteiger partial charge in [0.25, 0.3) is 0 Å². The Morgan fingerprint density at radius 1 is 0.842 bits per heavy atom. The number of halogens is 6. The first-order valence-electron chi connectivity index (χ1n) is 13.6. The van der Waals surface area contributed by atoms with Crippen LogP contribution < -0.4 is 5.32 Å². The minimum atomic E-state index is -4.34. The molecule has 4 nitrogen and oxygen atoms in total. The molecule has 10 heteroatoms. The highest BCUT2D eigenvalue weighted by Gasteiger charge is 2.34. The Labute approximate surface area is 221 Å². The van der Waals surface area contributed by atoms with E-state index in [9.17, 15) is 26.3 Å². The number of rotatable bonds is 8. The Bertz CT molecular complexity index is 971. The molecule has 0 spiro atoms. The van der Waals surface area contributed by atoms with Crippen LogP contribution in [0.25, 0.3) is 0 Å². The van der Waals surface area contributed by atoms with Crippen molar-refractivity contribution in [1.82, 2.24) is 14.7 Å². The molecule has 38 heavy (non-hydrogen) atoms. The molecule has 2 heterocycles. The lowest BCUT2D eigenvalue weighted by Crippen LogP contribution is -2.50. The molecule has 0 radical (unpaired) electrons. The molecule has 2 aliphatic heterocycles. The van der Waals surface area contributed by atoms with Gasteiger partial charge in [0.05, 0.1) is 11.1 Å². The van der Waals surface area contributed by atoms with Crippen molar-refractivity contribution in [3.8, 4) is 0 Å². The molecule has 0 amide bonds. The Morgan fingerprint density at radius 2 is 1.47 bits per heavy atom. The number of allylic oxidation sites excluding steroid dienone is 2. The number of nitrogens with one attached hydrogen (secondary N) is 1. The van der Waals surface area contributed by atoms with Crippen molar-refractivity contribution < 1.29 is 26.3 Å². The van der Waals surface area contributed by atoms with Crippen molar-refractivity contribution in [2.75, 3.05) is 57.7 Å². The van der Waals surface area contributed by atoms with Crippen molar-refractivity contribution in [2.24, 2.45) is 0 Å². The van der Waals surface area contributed by atoms with E-state index in [0.29, 0.717) is 12.1 Å². The van der Waals surface area contributed by atoms with Gasteiger partial charge in [0.15, 0.2) is 0 Å². The summed E-state index contributed by atoms with van der Waals surface area (Å²) < 4.78 is 78.0. The summed E-state index contributed by atoms with van der Waals surface area (Å²) in [6.07, 6.45) is 0.0393. The maximum absolute atomic E-state index is 13.2. The zero-order chi connectivity index (χ0) is 27.3. The molecule has 1 atom stereocenters. The van der Waals surface area contributed by atoms with Gasteiger partial charge in [-0.3, -0.25) is 4.90 Å². The van der Waals surface area contributed by atoms with Gasteiger partial charge in [-0.05, 0) is 69.8 Å². The Balaban J connectivity index is 1.08. The number of piperazine rings is 1. The summed E-state index contributed by atoms with van der Waals surface area (Å²) in [7, 11) is 0. The monoisotopic (exact) mass is 544 g/mol. The quantitative estimate of drug-likeness (QED) is 0.315. The number of nitrogens with zero attached hydrogens (tertiary/aromatic N) is 3. The predicted molar refractivity (Wildman–Crippen MR) is 138 cm³/mol. The van der Waals surface area contributed by atoms with Crippen molar-refractivity contribution in [3.63, 3.8) is 0 Å². The number of hydrogen-bond acceptors (Lipinski definition) is 4. The first-order valence-corrected chi connectivity index (χ1v) is 13.6. The molecule has 2 fully saturated rings. The van der Waals surface area contributed by atoms with Crippen LogP contribution in [0.3, 0.4) is 0 Å². The third kappa shape index (κ3) is 7.99. The van der Waals surface area contributed by atoms with Crippen molar-refractivity contribution >= 4 is 5.69 Å². The normalized spacial score (nSPS) is 23.0. The molecule has 1 aromatic carbocycles. The fourth-order valence-corrected chi connectivity index (χ4v) is 5.63. The number of aryl methyl sites for hydroxylation is 1. The number of hydrogen-bond donors (Lipinski definition) is 1. The molecule has 4 rings (SSSR count). The smallest absolute Gasteiger partial charge is 0.382 e. The molecule has 0 bridgehead atoms. The van der Waals surface area contributed by atoms with E-state index in [1.807, 2.05) is 0 Å². The second kappa shape index (κ2) is 12.4. The van der Waals surface area contributed by atoms with Gasteiger partial charge in [0.1, 0.15) is 0 Å². The van der Waals surface area contributed by atoms with Crippen LogP contribution in [0.4, 0.5) is 32.0 Å². The van der Waals surface area contributed by atoms with Crippen LogP contribution in [-0.4, -0.2) is 85.3 Å². The molecule has 1 aromatic rings. The summed E-state index contributed by atoms with van der Waals surface area (Å²) in [5.74, 6) is 0. The number of unbranched alkanes of at least 4 members (excludes halogenated alkanes) is 1. The van der Waals surface area contributed by atoms with Gasteiger partial charge in [0.2, 0.25) is 0 Å². The van der Waals surface area contributed by atoms with E-state index < -0.39 is 23.5 Å². The number of piperidine rings is 1. The molecule has 2 saturated heterocycles. The summed E-state index contributed by atoms with van der Waals surface area (Å²) in [6.45, 7) is 9.03. The predicted octanol–water partition coefficient (Wildman–Crippen LogP) is 6.11. The molecular weight excluding hydrogens is 506 g/mol. The van der Waals surface area contributed by atoms with Crippen LogP contribution in [0.15, 0.2) is 42.0 Å². The highest BCUT2D eigenvalue weighted by molar-refractivity contribution is 5.50. The van der Waals surface area contributed by atoms with Crippen LogP contribution in [0.2, 0.25) is 0 Å². The number of likely N-dealkylation sites (tertiary alicyclic amines) is 1. The van der Waals surface area contributed by atoms with Crippen molar-refractivity contribution in [1.29, 1.82) is 0 Å². The molecule has 0 aromatic heterocycles. The number of alkyl halides is 6. The average molecular weight is 545 g/mol. The maximum Gasteiger partial charge on any atom is 0.416 e. The van der Waals surface area contributed by atoms with E-state index in [1.54, 1.807) is 12.1 Å². The van der Waals surface area contributed by atoms with Crippen LogP contribution in [0.5, 0.6) is 0 Å². The second-order valence-electron chi connectivity index (χ2n) is 10.7. The zero-order valence-electron chi connectivity index (χ0n) is 21.9. The molecular formula is C28H38F6N4. The molecule has 1 unspecified atom stereocenters. The SMILES string of the molecule is Cc1ccc(NC2CCN(CCCCN3CCN(C4C=CC(C(F)(F)F)=CC4)CC3)CC2)cc1C(F)(F)F. The molecule has 212 valence electrons. The van der Waals surface area contributed by atoms with Crippen LogP contribution in [-0.2, 0) is 6.18 Å². The van der Waals surface area contributed by atoms with E-state index >= 15 is 0 Å². The Hall–Kier alpha value is -2.04. The average Bonchev–Trinajstić information content (AvgIpc) is 2.88. The second-order valence-corrected chi connectivity index (χ2v) is 10.7. The van der Waals surface area contributed by atoms with Gasteiger partial charge in [-0.2, -0.15) is 26.3 Å². The van der Waals surface area contributed by atoms with Gasteiger partial charge in [-0.25, -0.2) is 0 Å². The van der Waals surface area contributed by atoms with E-state index in [4.69, 9.17) is 0 Å². The van der Waals surface area contributed by atoms with Gasteiger partial charge in [-0.15, -0.1) is 0 Å². The first-order chi connectivity index (χ1) is 18.0. The Kier molecular flexibility index (Phi) is 9.47. The summed E-state index contributed by atoms with van der Waals surface area (Å²) in [5.41, 5.74) is -0.354. The maximum atomic E-state index is 13.2. The first kappa shape index (κ1) is 29.0. The zero-order valence-corrected chi connectivity index (χ0v) is 21.9. The molecule has 1 aliphatic carbocycles. The van der Waals surface area contributed by atoms with Gasteiger partial charge in [-0.1, -0.05) is 24.3 Å². The highest BCUT2D eigenvalue weighted by atomic mass is 19.4. The van der Waals surface area contributed by atoms with Gasteiger partial charge < -0.3 is 15.1 Å². The number of benzene rings is 1. The fourth-order valence-electron chi connectivity index (χ4n) is 5.63. The standard InChI is InChI=1S/C28H38F6N4/c1-21-4-7-24(20-26(21)28(32,33)34)35-23-10-14-36(15-11-23)12-2-3-13-37-16-18-38(19-17-37)25-8-5-22(6-9-25)27(29,30)31/h4-8,20,23,25,35H,2-3,9-19H2,1H3. The van der Waals surface area contributed by atoms with Crippen molar-refractivity contribution in [2.45, 2.75) is 63.5 Å². The van der Waals surface area contributed by atoms with Gasteiger partial charge in [0, 0.05) is 57.0 Å². The summed E-state index contributed by atoms with van der Waals surface area (Å²) in [4.78, 5) is 7.15. The number of anilines is 1. The minimum Gasteiger partial charge on any atom is -0.382 e. The van der Waals surface area contributed by atoms with Crippen LogP contribution >= 0.6 is 0 Å². The van der Waals surface area contributed by atoms with Crippen LogP contribution in [0.1, 0.15) is 43.2 Å². The topological polar surface area (TPSA) is 21.8 Å². The lowest BCUT2D eigenvalue weighted by molar-refractivity contribution is -0.138. The highest BCUT2D eigenvalue weighted by Crippen LogP contribution is 2.34. The molecule has 3 aliphatic rings. The molecule has 0 saturated carbocycles. The van der Waals surface area contributed by atoms with Crippen molar-refractivity contribution in [3.05, 3.63) is 53.1 Å². The van der Waals surface area contributed by atoms with E-state index in [2.05, 4.69) is 20.0 Å². The fraction of sp³-hybridized carbons (Fsp3) is 0.643. The van der Waals surface area contributed by atoms with Gasteiger partial charge >= 0.3 is 12.4 Å². The summed E-state index contributed by atoms with van der Waals surface area (Å²) >= 11 is 0. The lowest BCUT2D eigenvalue weighted by Gasteiger charge is -2.39. The lowest BCUT2D eigenvalue weighted by atomic mass is 10.0. The van der Waals surface area contributed by atoms with E-state index in [1.165, 1.54) is 31.2 Å². The van der Waals surface area contributed by atoms with E-state index in [0.717, 1.165) is 78.0 Å². The van der Waals surface area contributed by atoms with E-state index in [-0.39, 0.29) is 17.6 Å². The summed E-state index contributed by atoms with van der Waals surface area (Å²) in [6, 6.07) is 4.70. The largest absolute Gasteiger partial charge is 0.416 e. The minimum absolute atomic E-state index is 0.0540. The summed E-state index contributed by atoms with van der Waals surface area (Å²) in [5, 5.41) is 3.29. The van der Waals surface area contributed by atoms with Crippen LogP contribution in [0, 0.1) is 6.92 Å². The Morgan fingerprint density at radius 3 is 2.03 bits per heavy atom. The third-order valence-corrected chi connectivity index (χ3v) is 7.98.